The molecule has 0 amide bonds. The van der Waals surface area contributed by atoms with E-state index in [1.54, 1.807) is 0 Å². The molecule has 18 heavy (non-hydrogen) atoms. The molecule has 2 rings (SSSR count). The maximum Gasteiger partial charge on any atom is 0.0314 e. The Balaban J connectivity index is 1.60. The number of benzene rings is 1. The molecule has 1 aliphatic rings. The topological polar surface area (TPSA) is 32.5 Å². The van der Waals surface area contributed by atoms with Gasteiger partial charge in [-0.1, -0.05) is 12.1 Å². The fraction of sp³-hybridized carbons (Fsp3) is 0.600. The molecule has 1 aliphatic heterocycles. The summed E-state index contributed by atoms with van der Waals surface area (Å²) < 4.78 is 0. The summed E-state index contributed by atoms with van der Waals surface area (Å²) in [4.78, 5) is 4.99. The fourth-order valence-electron chi connectivity index (χ4n) is 2.42. The van der Waals surface area contributed by atoms with Gasteiger partial charge in [0.15, 0.2) is 0 Å². The van der Waals surface area contributed by atoms with Gasteiger partial charge in [-0.15, -0.1) is 0 Å². The Hall–Kier alpha value is -1.06. The van der Waals surface area contributed by atoms with Crippen LogP contribution in [0.1, 0.15) is 18.4 Å². The quantitative estimate of drug-likeness (QED) is 0.636. The highest BCUT2D eigenvalue weighted by Gasteiger charge is 2.12. The number of piperazine rings is 1. The van der Waals surface area contributed by atoms with Gasteiger partial charge in [-0.25, -0.2) is 0 Å². The second-order valence-corrected chi connectivity index (χ2v) is 5.34. The summed E-state index contributed by atoms with van der Waals surface area (Å²) in [6.07, 6.45) is 3.75. The Morgan fingerprint density at radius 3 is 2.33 bits per heavy atom. The fourth-order valence-corrected chi connectivity index (χ4v) is 2.42. The second kappa shape index (κ2) is 6.76. The third-order valence-electron chi connectivity index (χ3n) is 3.77. The molecule has 1 aromatic carbocycles. The molecule has 1 fully saturated rings. The summed E-state index contributed by atoms with van der Waals surface area (Å²) in [5, 5.41) is 0. The van der Waals surface area contributed by atoms with Gasteiger partial charge in [0.2, 0.25) is 0 Å². The minimum Gasteiger partial charge on any atom is -0.399 e. The van der Waals surface area contributed by atoms with E-state index in [4.69, 9.17) is 5.73 Å². The molecule has 0 spiro atoms. The van der Waals surface area contributed by atoms with Gasteiger partial charge in [-0.3, -0.25) is 0 Å². The first-order valence-electron chi connectivity index (χ1n) is 6.99. The van der Waals surface area contributed by atoms with Gasteiger partial charge < -0.3 is 15.5 Å². The van der Waals surface area contributed by atoms with Crippen molar-refractivity contribution in [3.8, 4) is 0 Å². The van der Waals surface area contributed by atoms with Crippen molar-refractivity contribution in [3.05, 3.63) is 29.8 Å². The van der Waals surface area contributed by atoms with E-state index in [0.717, 1.165) is 5.69 Å². The lowest BCUT2D eigenvalue weighted by Gasteiger charge is -2.32. The second-order valence-electron chi connectivity index (χ2n) is 5.34. The van der Waals surface area contributed by atoms with E-state index in [-0.39, 0.29) is 0 Å². The first-order chi connectivity index (χ1) is 8.74. The molecule has 1 saturated heterocycles. The van der Waals surface area contributed by atoms with Gasteiger partial charge in [0.25, 0.3) is 0 Å². The third-order valence-corrected chi connectivity index (χ3v) is 3.77. The Bertz CT molecular complexity index is 339. The van der Waals surface area contributed by atoms with Crippen molar-refractivity contribution < 1.29 is 0 Å². The van der Waals surface area contributed by atoms with E-state index in [1.807, 2.05) is 12.1 Å². The zero-order chi connectivity index (χ0) is 12.8. The smallest absolute Gasteiger partial charge is 0.0314 e. The standard InChI is InChI=1S/C15H25N3/c1-17-10-12-18(13-11-17)9-3-2-4-14-5-7-15(16)8-6-14/h5-8H,2-4,9-13,16H2,1H3. The molecule has 100 valence electrons. The van der Waals surface area contributed by atoms with Gasteiger partial charge in [0, 0.05) is 31.9 Å². The lowest BCUT2D eigenvalue weighted by molar-refractivity contribution is 0.152. The largest absolute Gasteiger partial charge is 0.399 e. The molecule has 0 radical (unpaired) electrons. The highest BCUT2D eigenvalue weighted by Crippen LogP contribution is 2.09. The van der Waals surface area contributed by atoms with Crippen LogP contribution in [0.25, 0.3) is 0 Å². The van der Waals surface area contributed by atoms with Crippen LogP contribution in [0.2, 0.25) is 0 Å². The van der Waals surface area contributed by atoms with Gasteiger partial charge in [-0.05, 0) is 50.6 Å². The van der Waals surface area contributed by atoms with Crippen LogP contribution in [0.15, 0.2) is 24.3 Å². The van der Waals surface area contributed by atoms with Crippen LogP contribution >= 0.6 is 0 Å². The van der Waals surface area contributed by atoms with Gasteiger partial charge in [0.05, 0.1) is 0 Å². The summed E-state index contributed by atoms with van der Waals surface area (Å²) in [6, 6.07) is 8.28. The van der Waals surface area contributed by atoms with Crippen LogP contribution in [-0.2, 0) is 6.42 Å². The highest BCUT2D eigenvalue weighted by molar-refractivity contribution is 5.39. The molecule has 0 unspecified atom stereocenters. The lowest BCUT2D eigenvalue weighted by Crippen LogP contribution is -2.44. The Morgan fingerprint density at radius 2 is 1.67 bits per heavy atom. The molecule has 0 saturated carbocycles. The number of nitrogen functional groups attached to an aromatic ring is 1. The van der Waals surface area contributed by atoms with Crippen LogP contribution in [0.3, 0.4) is 0 Å². The van der Waals surface area contributed by atoms with Crippen molar-refractivity contribution >= 4 is 5.69 Å². The molecular weight excluding hydrogens is 222 g/mol. The molecule has 3 heteroatoms. The predicted octanol–water partition coefficient (Wildman–Crippen LogP) is 1.84. The zero-order valence-corrected chi connectivity index (χ0v) is 11.4. The van der Waals surface area contributed by atoms with E-state index in [9.17, 15) is 0 Å². The normalized spacial score (nSPS) is 18.1. The summed E-state index contributed by atoms with van der Waals surface area (Å²) >= 11 is 0. The van der Waals surface area contributed by atoms with Gasteiger partial charge in [-0.2, -0.15) is 0 Å². The van der Waals surface area contributed by atoms with Crippen molar-refractivity contribution in [2.75, 3.05) is 45.5 Å². The van der Waals surface area contributed by atoms with Crippen molar-refractivity contribution in [2.45, 2.75) is 19.3 Å². The number of likely N-dealkylation sites (N-methyl/N-ethyl adjacent to an activating group) is 1. The van der Waals surface area contributed by atoms with Gasteiger partial charge >= 0.3 is 0 Å². The van der Waals surface area contributed by atoms with E-state index >= 15 is 0 Å². The zero-order valence-electron chi connectivity index (χ0n) is 11.4. The summed E-state index contributed by atoms with van der Waals surface area (Å²) in [5.41, 5.74) is 7.94. The summed E-state index contributed by atoms with van der Waals surface area (Å²) in [6.45, 7) is 6.16. The SMILES string of the molecule is CN1CCN(CCCCc2ccc(N)cc2)CC1. The van der Waals surface area contributed by atoms with E-state index in [2.05, 4.69) is 29.0 Å². The number of anilines is 1. The molecule has 0 bridgehead atoms. The Morgan fingerprint density at radius 1 is 1.00 bits per heavy atom. The third kappa shape index (κ3) is 4.31. The minimum absolute atomic E-state index is 0.858. The number of nitrogens with two attached hydrogens (primary N) is 1. The van der Waals surface area contributed by atoms with Crippen LogP contribution in [-0.4, -0.2) is 49.6 Å². The number of unbranched alkanes of at least 4 members (excludes halogenated alkanes) is 1. The van der Waals surface area contributed by atoms with Crippen molar-refractivity contribution in [1.29, 1.82) is 0 Å². The average molecular weight is 247 g/mol. The summed E-state index contributed by atoms with van der Waals surface area (Å²) in [7, 11) is 2.21. The monoisotopic (exact) mass is 247 g/mol. The molecule has 1 aromatic rings. The van der Waals surface area contributed by atoms with E-state index in [1.165, 1.54) is 57.5 Å². The predicted molar refractivity (Wildman–Crippen MR) is 77.7 cm³/mol. The Labute approximate surface area is 111 Å². The number of aryl methyl sites for hydroxylation is 1. The first kappa shape index (κ1) is 13.4. The van der Waals surface area contributed by atoms with E-state index in [0.29, 0.717) is 0 Å². The minimum atomic E-state index is 0.858. The number of hydrogen-bond donors (Lipinski definition) is 1. The van der Waals surface area contributed by atoms with Crippen molar-refractivity contribution in [2.24, 2.45) is 0 Å². The Kier molecular flexibility index (Phi) is 5.02. The molecule has 1 heterocycles. The van der Waals surface area contributed by atoms with Crippen LogP contribution in [0.5, 0.6) is 0 Å². The van der Waals surface area contributed by atoms with Crippen LogP contribution < -0.4 is 5.73 Å². The van der Waals surface area contributed by atoms with Crippen LogP contribution in [0.4, 0.5) is 5.69 Å². The summed E-state index contributed by atoms with van der Waals surface area (Å²) in [5.74, 6) is 0. The lowest BCUT2D eigenvalue weighted by atomic mass is 10.1. The maximum absolute atomic E-state index is 5.68. The molecule has 0 atom stereocenters. The van der Waals surface area contributed by atoms with E-state index < -0.39 is 0 Å². The number of nitrogens with zero attached hydrogens (tertiary/aromatic N) is 2. The molecular formula is C15H25N3. The van der Waals surface area contributed by atoms with Gasteiger partial charge in [0.1, 0.15) is 0 Å². The molecule has 3 nitrogen and oxygen atoms in total. The molecule has 2 N–H and O–H groups in total. The molecule has 0 aromatic heterocycles. The van der Waals surface area contributed by atoms with Crippen molar-refractivity contribution in [3.63, 3.8) is 0 Å². The first-order valence-corrected chi connectivity index (χ1v) is 6.99. The molecule has 0 aliphatic carbocycles. The average Bonchev–Trinajstić information content (AvgIpc) is 2.39. The number of hydrogen-bond acceptors (Lipinski definition) is 3. The maximum atomic E-state index is 5.68. The number of rotatable bonds is 5. The van der Waals surface area contributed by atoms with Crippen LogP contribution in [0, 0.1) is 0 Å². The van der Waals surface area contributed by atoms with Crippen molar-refractivity contribution in [1.82, 2.24) is 9.80 Å². The highest BCUT2D eigenvalue weighted by atomic mass is 15.2.